The maximum absolute atomic E-state index is 13.9. The number of benzene rings is 2. The highest BCUT2D eigenvalue weighted by Crippen LogP contribution is 2.21. The molecule has 2 aromatic carbocycles. The lowest BCUT2D eigenvalue weighted by atomic mass is 10.1. The van der Waals surface area contributed by atoms with Crippen molar-refractivity contribution < 1.29 is 17.6 Å². The van der Waals surface area contributed by atoms with Gasteiger partial charge in [-0.2, -0.15) is 9.78 Å². The smallest absolute Gasteiger partial charge is 0.292 e. The number of alkyl halides is 2. The molecule has 3 rings (SSSR count). The normalized spacial score (nSPS) is 11.0. The highest BCUT2D eigenvalue weighted by Gasteiger charge is 2.14. The Morgan fingerprint density at radius 3 is 2.44 bits per heavy atom. The van der Waals surface area contributed by atoms with Crippen LogP contribution in [0, 0.1) is 11.6 Å². The molecule has 0 aliphatic carbocycles. The van der Waals surface area contributed by atoms with Crippen molar-refractivity contribution in [1.82, 2.24) is 9.78 Å². The quantitative estimate of drug-likeness (QED) is 0.634. The molecule has 140 valence electrons. The fraction of sp³-hybridized carbons (Fsp3) is 0.111. The van der Waals surface area contributed by atoms with Gasteiger partial charge in [0.15, 0.2) is 5.82 Å². The summed E-state index contributed by atoms with van der Waals surface area (Å²) < 4.78 is 52.7. The lowest BCUT2D eigenvalue weighted by Crippen LogP contribution is -2.23. The first-order valence-corrected chi connectivity index (χ1v) is 8.08. The highest BCUT2D eigenvalue weighted by molar-refractivity contribution is 6.32. The van der Waals surface area contributed by atoms with Crippen LogP contribution in [0.15, 0.2) is 53.5 Å². The highest BCUT2D eigenvalue weighted by atomic mass is 35.5. The van der Waals surface area contributed by atoms with Crippen LogP contribution in [0.3, 0.4) is 0 Å². The summed E-state index contributed by atoms with van der Waals surface area (Å²) in [5, 5.41) is 6.48. The van der Waals surface area contributed by atoms with Crippen molar-refractivity contribution in [3.8, 4) is 5.69 Å². The monoisotopic (exact) mass is 397 g/mol. The predicted molar refractivity (Wildman–Crippen MR) is 93.5 cm³/mol. The number of anilines is 1. The zero-order chi connectivity index (χ0) is 19.6. The van der Waals surface area contributed by atoms with Gasteiger partial charge >= 0.3 is 0 Å². The van der Waals surface area contributed by atoms with Gasteiger partial charge in [0.2, 0.25) is 0 Å². The number of hydrogen-bond acceptors (Lipinski definition) is 3. The van der Waals surface area contributed by atoms with Gasteiger partial charge in [-0.1, -0.05) is 35.9 Å². The van der Waals surface area contributed by atoms with E-state index in [9.17, 15) is 22.4 Å². The Balaban J connectivity index is 1.82. The van der Waals surface area contributed by atoms with E-state index in [2.05, 4.69) is 10.4 Å². The second-order valence-corrected chi connectivity index (χ2v) is 5.96. The Bertz CT molecular complexity index is 1020. The van der Waals surface area contributed by atoms with Crippen molar-refractivity contribution in [3.63, 3.8) is 0 Å². The van der Waals surface area contributed by atoms with Crippen molar-refractivity contribution >= 4 is 17.3 Å². The van der Waals surface area contributed by atoms with Gasteiger partial charge in [0, 0.05) is 18.2 Å². The molecule has 4 nitrogen and oxygen atoms in total. The number of rotatable bonds is 5. The van der Waals surface area contributed by atoms with Crippen molar-refractivity contribution in [2.24, 2.45) is 0 Å². The minimum Gasteiger partial charge on any atom is -0.378 e. The molecule has 3 aromatic rings. The zero-order valence-electron chi connectivity index (χ0n) is 13.6. The van der Waals surface area contributed by atoms with E-state index < -0.39 is 23.6 Å². The minimum atomic E-state index is -2.55. The number of aromatic nitrogens is 2. The lowest BCUT2D eigenvalue weighted by Gasteiger charge is -2.11. The maximum atomic E-state index is 13.9. The van der Waals surface area contributed by atoms with Gasteiger partial charge < -0.3 is 5.32 Å². The molecule has 0 bridgehead atoms. The first kappa shape index (κ1) is 18.9. The van der Waals surface area contributed by atoms with Crippen LogP contribution in [0.1, 0.15) is 17.6 Å². The molecule has 0 amide bonds. The van der Waals surface area contributed by atoms with Crippen molar-refractivity contribution in [2.75, 3.05) is 5.32 Å². The fourth-order valence-corrected chi connectivity index (χ4v) is 2.55. The molecule has 0 unspecified atom stereocenters. The zero-order valence-corrected chi connectivity index (χ0v) is 14.4. The molecule has 0 atom stereocenters. The largest absolute Gasteiger partial charge is 0.378 e. The average molecular weight is 398 g/mol. The molecule has 1 heterocycles. The molecule has 9 heteroatoms. The summed E-state index contributed by atoms with van der Waals surface area (Å²) in [4.78, 5) is 12.3. The number of hydrogen-bond donors (Lipinski definition) is 1. The molecule has 0 aliphatic heterocycles. The van der Waals surface area contributed by atoms with Crippen LogP contribution in [-0.4, -0.2) is 9.78 Å². The molecule has 1 aromatic heterocycles. The van der Waals surface area contributed by atoms with Gasteiger partial charge in [0.05, 0.1) is 11.9 Å². The van der Waals surface area contributed by atoms with E-state index in [0.717, 1.165) is 16.8 Å². The summed E-state index contributed by atoms with van der Waals surface area (Å²) in [6.07, 6.45) is -1.33. The van der Waals surface area contributed by atoms with Crippen LogP contribution < -0.4 is 10.9 Å². The Morgan fingerprint density at radius 1 is 1.11 bits per heavy atom. The number of nitrogens with one attached hydrogen (secondary N) is 1. The first-order chi connectivity index (χ1) is 12.9. The van der Waals surface area contributed by atoms with Crippen LogP contribution in [0.4, 0.5) is 23.2 Å². The van der Waals surface area contributed by atoms with Gasteiger partial charge in [-0.3, -0.25) is 4.79 Å². The molecule has 0 radical (unpaired) electrons. The van der Waals surface area contributed by atoms with E-state index >= 15 is 0 Å². The molecule has 0 fully saturated rings. The molecule has 0 aliphatic rings. The van der Waals surface area contributed by atoms with Crippen LogP contribution >= 0.6 is 11.6 Å². The van der Waals surface area contributed by atoms with Gasteiger partial charge in [-0.25, -0.2) is 17.6 Å². The SMILES string of the molecule is O=c1c(Cl)c(NCc2ccc(C(F)F)cc2)cnn1-c1ccc(F)cc1F. The summed E-state index contributed by atoms with van der Waals surface area (Å²) in [5.74, 6) is -1.74. The Morgan fingerprint density at radius 2 is 1.81 bits per heavy atom. The Hall–Kier alpha value is -2.87. The predicted octanol–water partition coefficient (Wildman–Crippen LogP) is 4.71. The fourth-order valence-electron chi connectivity index (χ4n) is 2.36. The summed E-state index contributed by atoms with van der Waals surface area (Å²) >= 11 is 6.03. The van der Waals surface area contributed by atoms with E-state index in [1.54, 1.807) is 0 Å². The summed E-state index contributed by atoms with van der Waals surface area (Å²) in [7, 11) is 0. The number of nitrogens with zero attached hydrogens (tertiary/aromatic N) is 2. The van der Waals surface area contributed by atoms with Gasteiger partial charge in [-0.05, 0) is 17.7 Å². The van der Waals surface area contributed by atoms with E-state index in [0.29, 0.717) is 11.6 Å². The van der Waals surface area contributed by atoms with Crippen LogP contribution in [-0.2, 0) is 6.54 Å². The van der Waals surface area contributed by atoms with Crippen molar-refractivity contribution in [1.29, 1.82) is 0 Å². The minimum absolute atomic E-state index is 0.0950. The van der Waals surface area contributed by atoms with Crippen LogP contribution in [0.25, 0.3) is 5.69 Å². The second kappa shape index (κ2) is 7.79. The third-order valence-electron chi connectivity index (χ3n) is 3.77. The molecule has 0 saturated heterocycles. The standard InChI is InChI=1S/C18H12ClF4N3O/c19-16-14(24-8-10-1-3-11(4-2-10)17(22)23)9-25-26(18(16)27)15-6-5-12(20)7-13(15)21/h1-7,9,17,24H,8H2. The van der Waals surface area contributed by atoms with E-state index in [4.69, 9.17) is 11.6 Å². The summed E-state index contributed by atoms with van der Waals surface area (Å²) in [5.41, 5.74) is -0.248. The molecule has 0 spiro atoms. The molecule has 27 heavy (non-hydrogen) atoms. The lowest BCUT2D eigenvalue weighted by molar-refractivity contribution is 0.151. The third-order valence-corrected chi connectivity index (χ3v) is 4.14. The topological polar surface area (TPSA) is 46.9 Å². The van der Waals surface area contributed by atoms with Crippen LogP contribution in [0.5, 0.6) is 0 Å². The van der Waals surface area contributed by atoms with Crippen molar-refractivity contribution in [3.05, 3.63) is 86.8 Å². The van der Waals surface area contributed by atoms with E-state index in [-0.39, 0.29) is 28.5 Å². The molecule has 1 N–H and O–H groups in total. The van der Waals surface area contributed by atoms with Crippen molar-refractivity contribution in [2.45, 2.75) is 13.0 Å². The first-order valence-electron chi connectivity index (χ1n) is 7.71. The second-order valence-electron chi connectivity index (χ2n) is 5.58. The van der Waals surface area contributed by atoms with Crippen LogP contribution in [0.2, 0.25) is 5.02 Å². The van der Waals surface area contributed by atoms with E-state index in [1.165, 1.54) is 30.5 Å². The molecular formula is C18H12ClF4N3O. The molecular weight excluding hydrogens is 386 g/mol. The van der Waals surface area contributed by atoms with Gasteiger partial charge in [-0.15, -0.1) is 0 Å². The summed E-state index contributed by atoms with van der Waals surface area (Å²) in [6.45, 7) is 0.208. The van der Waals surface area contributed by atoms with Gasteiger partial charge in [0.1, 0.15) is 16.5 Å². The average Bonchev–Trinajstić information content (AvgIpc) is 2.64. The van der Waals surface area contributed by atoms with Gasteiger partial charge in [0.25, 0.3) is 12.0 Å². The summed E-state index contributed by atoms with van der Waals surface area (Å²) in [6, 6.07) is 8.35. The Labute approximate surface area is 156 Å². The number of halogens is 5. The molecule has 0 saturated carbocycles. The Kier molecular flexibility index (Phi) is 5.46. The third kappa shape index (κ3) is 4.11. The maximum Gasteiger partial charge on any atom is 0.292 e. The van der Waals surface area contributed by atoms with E-state index in [1.807, 2.05) is 0 Å².